The summed E-state index contributed by atoms with van der Waals surface area (Å²) < 4.78 is 1.08. The number of benzene rings is 1. The molecule has 1 N–H and O–H groups in total. The minimum absolute atomic E-state index is 0.252. The number of nitrogens with one attached hydrogen (secondary N) is 1. The van der Waals surface area contributed by atoms with Crippen molar-refractivity contribution in [2.45, 2.75) is 6.04 Å². The molecule has 5 heteroatoms. The molecule has 1 fully saturated rings. The molecule has 106 valence electrons. The van der Waals surface area contributed by atoms with Gasteiger partial charge in [0.2, 0.25) is 0 Å². The Kier molecular flexibility index (Phi) is 4.79. The Labute approximate surface area is 136 Å². The molecule has 0 saturated carbocycles. The molecular formula is C15H16BrClN2S. The van der Waals surface area contributed by atoms with Crippen molar-refractivity contribution in [3.8, 4) is 0 Å². The van der Waals surface area contributed by atoms with E-state index in [1.54, 1.807) is 11.3 Å². The van der Waals surface area contributed by atoms with E-state index < -0.39 is 0 Å². The third-order valence-electron chi connectivity index (χ3n) is 3.58. The van der Waals surface area contributed by atoms with Gasteiger partial charge in [-0.1, -0.05) is 33.6 Å². The molecule has 0 amide bonds. The van der Waals surface area contributed by atoms with Gasteiger partial charge in [-0.2, -0.15) is 0 Å². The number of piperazine rings is 1. The Bertz CT molecular complexity index is 567. The SMILES string of the molecule is Clc1ccc(Br)cc1[C@H](c1cccs1)N1CCNCC1. The monoisotopic (exact) mass is 370 g/mol. The largest absolute Gasteiger partial charge is 0.314 e. The van der Waals surface area contributed by atoms with E-state index in [2.05, 4.69) is 49.7 Å². The maximum absolute atomic E-state index is 6.47. The lowest BCUT2D eigenvalue weighted by Crippen LogP contribution is -2.45. The highest BCUT2D eigenvalue weighted by atomic mass is 79.9. The smallest absolute Gasteiger partial charge is 0.0711 e. The number of nitrogens with zero attached hydrogens (tertiary/aromatic N) is 1. The molecular weight excluding hydrogens is 356 g/mol. The molecule has 2 nitrogen and oxygen atoms in total. The van der Waals surface area contributed by atoms with Gasteiger partial charge in [-0.25, -0.2) is 0 Å². The summed E-state index contributed by atoms with van der Waals surface area (Å²) in [5, 5.41) is 6.39. The summed E-state index contributed by atoms with van der Waals surface area (Å²) in [5.74, 6) is 0. The molecule has 1 aromatic heterocycles. The first-order chi connectivity index (χ1) is 9.75. The van der Waals surface area contributed by atoms with Crippen LogP contribution in [0.1, 0.15) is 16.5 Å². The summed E-state index contributed by atoms with van der Waals surface area (Å²) in [6, 6.07) is 10.7. The zero-order valence-corrected chi connectivity index (χ0v) is 14.1. The lowest BCUT2D eigenvalue weighted by molar-refractivity contribution is 0.200. The highest BCUT2D eigenvalue weighted by Crippen LogP contribution is 2.37. The van der Waals surface area contributed by atoms with Crippen LogP contribution < -0.4 is 5.32 Å². The average Bonchev–Trinajstić information content (AvgIpc) is 2.98. The third kappa shape index (κ3) is 3.10. The number of hydrogen-bond donors (Lipinski definition) is 1. The van der Waals surface area contributed by atoms with Crippen LogP contribution in [0.25, 0.3) is 0 Å². The number of hydrogen-bond acceptors (Lipinski definition) is 3. The minimum Gasteiger partial charge on any atom is -0.314 e. The second-order valence-corrected chi connectivity index (χ2v) is 7.17. The first-order valence-corrected chi connectivity index (χ1v) is 8.74. The van der Waals surface area contributed by atoms with Gasteiger partial charge in [0.15, 0.2) is 0 Å². The van der Waals surface area contributed by atoms with Gasteiger partial charge in [0.05, 0.1) is 6.04 Å². The molecule has 3 rings (SSSR count). The van der Waals surface area contributed by atoms with Crippen LogP contribution in [0.2, 0.25) is 5.02 Å². The molecule has 1 aromatic carbocycles. The zero-order chi connectivity index (χ0) is 13.9. The second kappa shape index (κ2) is 6.58. The van der Waals surface area contributed by atoms with Gasteiger partial charge >= 0.3 is 0 Å². The first kappa shape index (κ1) is 14.5. The zero-order valence-electron chi connectivity index (χ0n) is 11.0. The van der Waals surface area contributed by atoms with E-state index in [1.165, 1.54) is 10.4 Å². The quantitative estimate of drug-likeness (QED) is 0.871. The van der Waals surface area contributed by atoms with Crippen molar-refractivity contribution in [2.24, 2.45) is 0 Å². The van der Waals surface area contributed by atoms with Gasteiger partial charge in [-0.05, 0) is 35.2 Å². The first-order valence-electron chi connectivity index (χ1n) is 6.69. The Balaban J connectivity index is 2.02. The van der Waals surface area contributed by atoms with Crippen LogP contribution in [0.3, 0.4) is 0 Å². The van der Waals surface area contributed by atoms with Crippen molar-refractivity contribution in [2.75, 3.05) is 26.2 Å². The summed E-state index contributed by atoms with van der Waals surface area (Å²) in [7, 11) is 0. The van der Waals surface area contributed by atoms with Crippen molar-refractivity contribution in [3.05, 3.63) is 55.6 Å². The van der Waals surface area contributed by atoms with Gasteiger partial charge in [0, 0.05) is 40.6 Å². The van der Waals surface area contributed by atoms with Crippen LogP contribution in [0.4, 0.5) is 0 Å². The van der Waals surface area contributed by atoms with Crippen LogP contribution in [0.15, 0.2) is 40.2 Å². The molecule has 2 aromatic rings. The van der Waals surface area contributed by atoms with E-state index in [4.69, 9.17) is 11.6 Å². The standard InChI is InChI=1S/C15H16BrClN2S/c16-11-3-4-13(17)12(10-11)15(14-2-1-9-20-14)19-7-5-18-6-8-19/h1-4,9-10,15,18H,5-8H2/t15-/m1/s1. The van der Waals surface area contributed by atoms with Crippen molar-refractivity contribution in [1.29, 1.82) is 0 Å². The van der Waals surface area contributed by atoms with E-state index in [0.29, 0.717) is 0 Å². The van der Waals surface area contributed by atoms with Crippen LogP contribution in [-0.4, -0.2) is 31.1 Å². The summed E-state index contributed by atoms with van der Waals surface area (Å²) in [4.78, 5) is 3.86. The average molecular weight is 372 g/mol. The van der Waals surface area contributed by atoms with Gasteiger partial charge in [-0.3, -0.25) is 4.90 Å². The molecule has 2 heterocycles. The fourth-order valence-corrected chi connectivity index (χ4v) is 4.12. The molecule has 1 saturated heterocycles. The topological polar surface area (TPSA) is 15.3 Å². The normalized spacial score (nSPS) is 18.1. The number of thiophene rings is 1. The van der Waals surface area contributed by atoms with Crippen molar-refractivity contribution >= 4 is 38.9 Å². The molecule has 0 radical (unpaired) electrons. The summed E-state index contributed by atoms with van der Waals surface area (Å²) >= 11 is 11.8. The molecule has 0 unspecified atom stereocenters. The maximum Gasteiger partial charge on any atom is 0.0711 e. The molecule has 1 atom stereocenters. The third-order valence-corrected chi connectivity index (χ3v) is 5.34. The highest BCUT2D eigenvalue weighted by Gasteiger charge is 2.26. The highest BCUT2D eigenvalue weighted by molar-refractivity contribution is 9.10. The van der Waals surface area contributed by atoms with Gasteiger partial charge in [-0.15, -0.1) is 11.3 Å². The molecule has 20 heavy (non-hydrogen) atoms. The predicted molar refractivity (Wildman–Crippen MR) is 89.8 cm³/mol. The van der Waals surface area contributed by atoms with Crippen molar-refractivity contribution in [1.82, 2.24) is 10.2 Å². The van der Waals surface area contributed by atoms with E-state index in [1.807, 2.05) is 12.1 Å². The molecule has 0 aliphatic carbocycles. The lowest BCUT2D eigenvalue weighted by Gasteiger charge is -2.35. The van der Waals surface area contributed by atoms with Crippen molar-refractivity contribution < 1.29 is 0 Å². The van der Waals surface area contributed by atoms with Crippen LogP contribution in [0, 0.1) is 0 Å². The predicted octanol–water partition coefficient (Wildman–Crippen LogP) is 4.16. The van der Waals surface area contributed by atoms with E-state index in [0.717, 1.165) is 35.7 Å². The fourth-order valence-electron chi connectivity index (χ4n) is 2.64. The molecule has 0 bridgehead atoms. The molecule has 1 aliphatic heterocycles. The lowest BCUT2D eigenvalue weighted by atomic mass is 10.0. The summed E-state index contributed by atoms with van der Waals surface area (Å²) in [6.45, 7) is 4.16. The van der Waals surface area contributed by atoms with Gasteiger partial charge < -0.3 is 5.32 Å². The summed E-state index contributed by atoms with van der Waals surface area (Å²) in [5.41, 5.74) is 1.19. The number of rotatable bonds is 3. The number of halogens is 2. The Morgan fingerprint density at radius 3 is 2.75 bits per heavy atom. The van der Waals surface area contributed by atoms with Crippen LogP contribution in [-0.2, 0) is 0 Å². The van der Waals surface area contributed by atoms with Gasteiger partial charge in [0.25, 0.3) is 0 Å². The maximum atomic E-state index is 6.47. The summed E-state index contributed by atoms with van der Waals surface area (Å²) in [6.07, 6.45) is 0. The Hall–Kier alpha value is -0.390. The molecule has 0 spiro atoms. The fraction of sp³-hybridized carbons (Fsp3) is 0.333. The van der Waals surface area contributed by atoms with E-state index >= 15 is 0 Å². The van der Waals surface area contributed by atoms with E-state index in [-0.39, 0.29) is 6.04 Å². The van der Waals surface area contributed by atoms with Crippen molar-refractivity contribution in [3.63, 3.8) is 0 Å². The van der Waals surface area contributed by atoms with E-state index in [9.17, 15) is 0 Å². The minimum atomic E-state index is 0.252. The molecule has 1 aliphatic rings. The van der Waals surface area contributed by atoms with Crippen LogP contribution >= 0.6 is 38.9 Å². The Morgan fingerprint density at radius 2 is 2.05 bits per heavy atom. The Morgan fingerprint density at radius 1 is 1.25 bits per heavy atom. The van der Waals surface area contributed by atoms with Crippen LogP contribution in [0.5, 0.6) is 0 Å². The van der Waals surface area contributed by atoms with Gasteiger partial charge in [0.1, 0.15) is 0 Å². The second-order valence-electron chi connectivity index (χ2n) is 4.87.